The van der Waals surface area contributed by atoms with Gasteiger partial charge in [0.25, 0.3) is 5.91 Å². The average Bonchev–Trinajstić information content (AvgIpc) is 2.58. The van der Waals surface area contributed by atoms with E-state index in [0.29, 0.717) is 24.3 Å². The Balaban J connectivity index is 2.02. The van der Waals surface area contributed by atoms with Gasteiger partial charge in [0.05, 0.1) is 12.5 Å². The van der Waals surface area contributed by atoms with Gasteiger partial charge < -0.3 is 16.0 Å². The first kappa shape index (κ1) is 18.9. The maximum Gasteiger partial charge on any atom is 0.251 e. The first-order valence-corrected chi connectivity index (χ1v) is 8.66. The molecule has 1 aromatic carbocycles. The fourth-order valence-electron chi connectivity index (χ4n) is 2.95. The van der Waals surface area contributed by atoms with Crippen molar-refractivity contribution < 1.29 is 14.4 Å². The molecule has 0 saturated carbocycles. The SMILES string of the molecule is CCNC(=O)c1ccc(NC(=O)CC2C(=O)NCCN2CC)c(C)c1. The predicted octanol–water partition coefficient (Wildman–Crippen LogP) is 0.894. The number of hydrogen-bond donors (Lipinski definition) is 3. The van der Waals surface area contributed by atoms with Crippen LogP contribution in [-0.4, -0.2) is 54.8 Å². The van der Waals surface area contributed by atoms with Gasteiger partial charge in [-0.05, 0) is 44.2 Å². The van der Waals surface area contributed by atoms with Gasteiger partial charge in [-0.2, -0.15) is 0 Å². The molecular formula is C18H26N4O3. The van der Waals surface area contributed by atoms with Crippen LogP contribution in [0.2, 0.25) is 0 Å². The number of carbonyl (C=O) groups is 3. The van der Waals surface area contributed by atoms with Crippen LogP contribution < -0.4 is 16.0 Å². The summed E-state index contributed by atoms with van der Waals surface area (Å²) in [5.41, 5.74) is 2.01. The smallest absolute Gasteiger partial charge is 0.251 e. The highest BCUT2D eigenvalue weighted by Crippen LogP contribution is 2.18. The lowest BCUT2D eigenvalue weighted by Gasteiger charge is -2.33. The number of rotatable bonds is 6. The molecule has 1 aliphatic rings. The Labute approximate surface area is 148 Å². The molecular weight excluding hydrogens is 320 g/mol. The molecule has 7 heteroatoms. The van der Waals surface area contributed by atoms with E-state index >= 15 is 0 Å². The van der Waals surface area contributed by atoms with Gasteiger partial charge in [0, 0.05) is 30.9 Å². The number of amides is 3. The van der Waals surface area contributed by atoms with Crippen molar-refractivity contribution in [3.8, 4) is 0 Å². The van der Waals surface area contributed by atoms with Gasteiger partial charge in [0.2, 0.25) is 11.8 Å². The van der Waals surface area contributed by atoms with E-state index in [-0.39, 0.29) is 24.1 Å². The van der Waals surface area contributed by atoms with E-state index in [2.05, 4.69) is 16.0 Å². The first-order chi connectivity index (χ1) is 12.0. The van der Waals surface area contributed by atoms with Gasteiger partial charge in [-0.25, -0.2) is 0 Å². The summed E-state index contributed by atoms with van der Waals surface area (Å²) in [5.74, 6) is -0.457. The molecule has 7 nitrogen and oxygen atoms in total. The van der Waals surface area contributed by atoms with Crippen molar-refractivity contribution in [2.45, 2.75) is 33.2 Å². The molecule has 136 valence electrons. The van der Waals surface area contributed by atoms with Crippen LogP contribution in [0.5, 0.6) is 0 Å². The number of nitrogens with one attached hydrogen (secondary N) is 3. The Kier molecular flexibility index (Phi) is 6.52. The third-order valence-electron chi connectivity index (χ3n) is 4.33. The summed E-state index contributed by atoms with van der Waals surface area (Å²) in [6, 6.07) is 4.70. The summed E-state index contributed by atoms with van der Waals surface area (Å²) in [6.07, 6.45) is 0.108. The molecule has 1 atom stereocenters. The Bertz CT molecular complexity index is 660. The highest BCUT2D eigenvalue weighted by Gasteiger charge is 2.30. The van der Waals surface area contributed by atoms with Gasteiger partial charge in [-0.15, -0.1) is 0 Å². The van der Waals surface area contributed by atoms with Crippen LogP contribution in [0.4, 0.5) is 5.69 Å². The zero-order chi connectivity index (χ0) is 18.4. The summed E-state index contributed by atoms with van der Waals surface area (Å²) in [7, 11) is 0. The molecule has 0 radical (unpaired) electrons. The molecule has 1 fully saturated rings. The maximum absolute atomic E-state index is 12.4. The van der Waals surface area contributed by atoms with Gasteiger partial charge in [-0.1, -0.05) is 6.92 Å². The van der Waals surface area contributed by atoms with Gasteiger partial charge >= 0.3 is 0 Å². The van der Waals surface area contributed by atoms with Crippen molar-refractivity contribution in [3.05, 3.63) is 29.3 Å². The molecule has 25 heavy (non-hydrogen) atoms. The van der Waals surface area contributed by atoms with E-state index in [9.17, 15) is 14.4 Å². The van der Waals surface area contributed by atoms with E-state index in [0.717, 1.165) is 18.7 Å². The second-order valence-corrected chi connectivity index (χ2v) is 6.08. The van der Waals surface area contributed by atoms with Crippen LogP contribution in [0.15, 0.2) is 18.2 Å². The quantitative estimate of drug-likeness (QED) is 0.714. The van der Waals surface area contributed by atoms with E-state index in [4.69, 9.17) is 0 Å². The Morgan fingerprint density at radius 3 is 2.72 bits per heavy atom. The lowest BCUT2D eigenvalue weighted by molar-refractivity contribution is -0.132. The van der Waals surface area contributed by atoms with Gasteiger partial charge in [0.1, 0.15) is 0 Å². The summed E-state index contributed by atoms with van der Waals surface area (Å²) in [5, 5.41) is 8.39. The minimum absolute atomic E-state index is 0.105. The molecule has 3 amide bonds. The van der Waals surface area contributed by atoms with E-state index in [1.165, 1.54) is 0 Å². The van der Waals surface area contributed by atoms with E-state index in [1.807, 2.05) is 25.7 Å². The number of nitrogens with zero attached hydrogens (tertiary/aromatic N) is 1. The van der Waals surface area contributed by atoms with Gasteiger partial charge in [-0.3, -0.25) is 19.3 Å². The van der Waals surface area contributed by atoms with Crippen LogP contribution >= 0.6 is 0 Å². The highest BCUT2D eigenvalue weighted by atomic mass is 16.2. The summed E-state index contributed by atoms with van der Waals surface area (Å²) < 4.78 is 0. The molecule has 2 rings (SSSR count). The van der Waals surface area contributed by atoms with Crippen molar-refractivity contribution >= 4 is 23.4 Å². The second kappa shape index (κ2) is 8.62. The molecule has 0 spiro atoms. The topological polar surface area (TPSA) is 90.5 Å². The number of hydrogen-bond acceptors (Lipinski definition) is 4. The molecule has 0 aromatic heterocycles. The Morgan fingerprint density at radius 1 is 1.32 bits per heavy atom. The fraction of sp³-hybridized carbons (Fsp3) is 0.500. The largest absolute Gasteiger partial charge is 0.353 e. The molecule has 0 aliphatic carbocycles. The average molecular weight is 346 g/mol. The second-order valence-electron chi connectivity index (χ2n) is 6.08. The summed E-state index contributed by atoms with van der Waals surface area (Å²) in [6.45, 7) is 8.34. The van der Waals surface area contributed by atoms with Crippen LogP contribution in [0, 0.1) is 6.92 Å². The van der Waals surface area contributed by atoms with Crippen molar-refractivity contribution in [2.24, 2.45) is 0 Å². The van der Waals surface area contributed by atoms with E-state index in [1.54, 1.807) is 18.2 Å². The van der Waals surface area contributed by atoms with Crippen LogP contribution in [-0.2, 0) is 9.59 Å². The third kappa shape index (κ3) is 4.79. The number of carbonyl (C=O) groups excluding carboxylic acids is 3. The normalized spacial score (nSPS) is 17.7. The van der Waals surface area contributed by atoms with Crippen LogP contribution in [0.3, 0.4) is 0 Å². The molecule has 1 saturated heterocycles. The van der Waals surface area contributed by atoms with Crippen LogP contribution in [0.25, 0.3) is 0 Å². The van der Waals surface area contributed by atoms with E-state index < -0.39 is 6.04 Å². The molecule has 1 heterocycles. The number of anilines is 1. The number of piperazine rings is 1. The van der Waals surface area contributed by atoms with Crippen molar-refractivity contribution in [2.75, 3.05) is 31.5 Å². The third-order valence-corrected chi connectivity index (χ3v) is 4.33. The minimum Gasteiger partial charge on any atom is -0.353 e. The zero-order valence-electron chi connectivity index (χ0n) is 15.0. The fourth-order valence-corrected chi connectivity index (χ4v) is 2.95. The summed E-state index contributed by atoms with van der Waals surface area (Å²) >= 11 is 0. The lowest BCUT2D eigenvalue weighted by atomic mass is 10.1. The monoisotopic (exact) mass is 346 g/mol. The number of benzene rings is 1. The van der Waals surface area contributed by atoms with Gasteiger partial charge in [0.15, 0.2) is 0 Å². The Hall–Kier alpha value is -2.41. The predicted molar refractivity (Wildman–Crippen MR) is 96.5 cm³/mol. The molecule has 1 aliphatic heterocycles. The van der Waals surface area contributed by atoms with Crippen LogP contribution in [0.1, 0.15) is 36.2 Å². The number of aryl methyl sites for hydroxylation is 1. The van der Waals surface area contributed by atoms with Crippen molar-refractivity contribution in [1.29, 1.82) is 0 Å². The van der Waals surface area contributed by atoms with Crippen molar-refractivity contribution in [1.82, 2.24) is 15.5 Å². The highest BCUT2D eigenvalue weighted by molar-refractivity contribution is 5.98. The molecule has 1 unspecified atom stereocenters. The first-order valence-electron chi connectivity index (χ1n) is 8.66. The maximum atomic E-state index is 12.4. The number of likely N-dealkylation sites (N-methyl/N-ethyl adjacent to an activating group) is 1. The lowest BCUT2D eigenvalue weighted by Crippen LogP contribution is -2.56. The molecule has 3 N–H and O–H groups in total. The Morgan fingerprint density at radius 2 is 2.08 bits per heavy atom. The zero-order valence-corrected chi connectivity index (χ0v) is 15.0. The van der Waals surface area contributed by atoms with Crippen molar-refractivity contribution in [3.63, 3.8) is 0 Å². The molecule has 0 bridgehead atoms. The minimum atomic E-state index is -0.436. The standard InChI is InChI=1S/C18H26N4O3/c1-4-19-17(24)13-6-7-14(12(3)10-13)21-16(23)11-15-18(25)20-8-9-22(15)5-2/h6-7,10,15H,4-5,8-9,11H2,1-3H3,(H,19,24)(H,20,25)(H,21,23). The summed E-state index contributed by atoms with van der Waals surface area (Å²) in [4.78, 5) is 38.2. The molecule has 1 aromatic rings.